The standard InChI is InChI=1S/C27H27N3O3/c1-2-3-17-28-25(31)18-20-13-15-22(16-14-20)30-26(32)23-11-7-8-12-24(23)29(27(30)33)19-21-9-5-4-6-10-21/h4-16H,2-3,17-19H2,1H3,(H,28,31). The summed E-state index contributed by atoms with van der Waals surface area (Å²) in [4.78, 5) is 38.8. The number of nitrogens with one attached hydrogen (secondary N) is 1. The van der Waals surface area contributed by atoms with E-state index >= 15 is 0 Å². The summed E-state index contributed by atoms with van der Waals surface area (Å²) < 4.78 is 2.83. The Morgan fingerprint density at radius 3 is 2.27 bits per heavy atom. The third kappa shape index (κ3) is 4.95. The van der Waals surface area contributed by atoms with Crippen LogP contribution in [-0.4, -0.2) is 21.6 Å². The summed E-state index contributed by atoms with van der Waals surface area (Å²) >= 11 is 0. The molecule has 168 valence electrons. The molecule has 6 nitrogen and oxygen atoms in total. The Balaban J connectivity index is 1.71. The van der Waals surface area contributed by atoms with Gasteiger partial charge in [0.2, 0.25) is 5.91 Å². The quantitative estimate of drug-likeness (QED) is 0.424. The normalized spacial score (nSPS) is 10.9. The Kier molecular flexibility index (Phi) is 6.83. The topological polar surface area (TPSA) is 73.1 Å². The van der Waals surface area contributed by atoms with Gasteiger partial charge in [-0.3, -0.25) is 14.2 Å². The molecule has 0 aliphatic rings. The predicted molar refractivity (Wildman–Crippen MR) is 131 cm³/mol. The Bertz CT molecular complexity index is 1370. The van der Waals surface area contributed by atoms with Gasteiger partial charge in [0.15, 0.2) is 0 Å². The summed E-state index contributed by atoms with van der Waals surface area (Å²) in [6.45, 7) is 3.10. The second-order valence-corrected chi connectivity index (χ2v) is 8.06. The van der Waals surface area contributed by atoms with Crippen molar-refractivity contribution in [3.63, 3.8) is 0 Å². The third-order valence-corrected chi connectivity index (χ3v) is 5.65. The van der Waals surface area contributed by atoms with Gasteiger partial charge in [-0.25, -0.2) is 9.36 Å². The average molecular weight is 442 g/mol. The zero-order chi connectivity index (χ0) is 23.2. The number of carbonyl (C=O) groups is 1. The number of rotatable bonds is 8. The summed E-state index contributed by atoms with van der Waals surface area (Å²) in [5, 5.41) is 3.38. The van der Waals surface area contributed by atoms with Crippen LogP contribution in [0.2, 0.25) is 0 Å². The number of nitrogens with zero attached hydrogens (tertiary/aromatic N) is 2. The van der Waals surface area contributed by atoms with Crippen molar-refractivity contribution in [3.8, 4) is 5.69 Å². The highest BCUT2D eigenvalue weighted by Gasteiger charge is 2.15. The first-order chi connectivity index (χ1) is 16.1. The molecule has 3 aromatic carbocycles. The van der Waals surface area contributed by atoms with Crippen molar-refractivity contribution in [2.75, 3.05) is 6.54 Å². The monoisotopic (exact) mass is 441 g/mol. The van der Waals surface area contributed by atoms with Crippen molar-refractivity contribution in [2.45, 2.75) is 32.7 Å². The largest absolute Gasteiger partial charge is 0.356 e. The van der Waals surface area contributed by atoms with Crippen molar-refractivity contribution >= 4 is 16.8 Å². The summed E-state index contributed by atoms with van der Waals surface area (Å²) in [6.07, 6.45) is 2.23. The van der Waals surface area contributed by atoms with Crippen LogP contribution in [0.3, 0.4) is 0 Å². The van der Waals surface area contributed by atoms with E-state index in [0.717, 1.165) is 24.0 Å². The molecule has 0 bridgehead atoms. The molecule has 0 atom stereocenters. The molecule has 0 aliphatic carbocycles. The fourth-order valence-corrected chi connectivity index (χ4v) is 3.88. The number of carbonyl (C=O) groups excluding carboxylic acids is 1. The minimum absolute atomic E-state index is 0.0377. The van der Waals surface area contributed by atoms with Gasteiger partial charge < -0.3 is 5.32 Å². The highest BCUT2D eigenvalue weighted by Crippen LogP contribution is 2.13. The summed E-state index contributed by atoms with van der Waals surface area (Å²) in [6, 6.07) is 23.9. The Morgan fingerprint density at radius 2 is 1.55 bits per heavy atom. The molecular formula is C27H27N3O3. The number of hydrogen-bond donors (Lipinski definition) is 1. The highest BCUT2D eigenvalue weighted by atomic mass is 16.2. The molecule has 1 N–H and O–H groups in total. The first kappa shape index (κ1) is 22.3. The maximum Gasteiger partial charge on any atom is 0.336 e. The number of amides is 1. The molecule has 0 unspecified atom stereocenters. The number of benzene rings is 3. The molecule has 4 rings (SSSR count). The Morgan fingerprint density at radius 1 is 0.848 bits per heavy atom. The van der Waals surface area contributed by atoms with Gasteiger partial charge in [-0.1, -0.05) is 67.9 Å². The molecule has 0 saturated carbocycles. The van der Waals surface area contributed by atoms with Crippen molar-refractivity contribution in [3.05, 3.63) is 111 Å². The van der Waals surface area contributed by atoms with Gasteiger partial charge in [0.25, 0.3) is 5.56 Å². The molecule has 6 heteroatoms. The lowest BCUT2D eigenvalue weighted by molar-refractivity contribution is -0.120. The van der Waals surface area contributed by atoms with Gasteiger partial charge in [-0.2, -0.15) is 0 Å². The average Bonchev–Trinajstić information content (AvgIpc) is 2.84. The van der Waals surface area contributed by atoms with Crippen LogP contribution in [-0.2, 0) is 17.8 Å². The number of aromatic nitrogens is 2. The van der Waals surface area contributed by atoms with Crippen LogP contribution >= 0.6 is 0 Å². The van der Waals surface area contributed by atoms with Crippen LogP contribution in [0.25, 0.3) is 16.6 Å². The molecule has 0 saturated heterocycles. The van der Waals surface area contributed by atoms with E-state index in [4.69, 9.17) is 0 Å². The van der Waals surface area contributed by atoms with Crippen molar-refractivity contribution in [2.24, 2.45) is 0 Å². The predicted octanol–water partition coefficient (Wildman–Crippen LogP) is 3.66. The zero-order valence-electron chi connectivity index (χ0n) is 18.7. The van der Waals surface area contributed by atoms with E-state index in [1.54, 1.807) is 47.0 Å². The lowest BCUT2D eigenvalue weighted by atomic mass is 10.1. The van der Waals surface area contributed by atoms with E-state index in [1.807, 2.05) is 36.4 Å². The van der Waals surface area contributed by atoms with Crippen LogP contribution in [0.5, 0.6) is 0 Å². The molecular weight excluding hydrogens is 414 g/mol. The summed E-state index contributed by atoms with van der Waals surface area (Å²) in [7, 11) is 0. The SMILES string of the molecule is CCCCNC(=O)Cc1ccc(-n2c(=O)c3ccccc3n(Cc3ccccc3)c2=O)cc1. The van der Waals surface area contributed by atoms with Gasteiger partial charge >= 0.3 is 5.69 Å². The first-order valence-electron chi connectivity index (χ1n) is 11.2. The van der Waals surface area contributed by atoms with E-state index < -0.39 is 5.69 Å². The minimum Gasteiger partial charge on any atom is -0.356 e. The smallest absolute Gasteiger partial charge is 0.336 e. The molecule has 33 heavy (non-hydrogen) atoms. The molecule has 0 spiro atoms. The molecule has 1 amide bonds. The fraction of sp³-hybridized carbons (Fsp3) is 0.222. The molecule has 1 aromatic heterocycles. The maximum atomic E-state index is 13.5. The van der Waals surface area contributed by atoms with E-state index in [-0.39, 0.29) is 17.9 Å². The van der Waals surface area contributed by atoms with Gasteiger partial charge in [-0.05, 0) is 41.8 Å². The number of fused-ring (bicyclic) bond motifs is 1. The minimum atomic E-state index is -0.396. The molecule has 1 heterocycles. The number of hydrogen-bond acceptors (Lipinski definition) is 3. The Labute approximate surface area is 192 Å². The molecule has 0 radical (unpaired) electrons. The molecule has 0 aliphatic heterocycles. The first-order valence-corrected chi connectivity index (χ1v) is 11.2. The highest BCUT2D eigenvalue weighted by molar-refractivity contribution is 5.79. The van der Waals surface area contributed by atoms with Gasteiger partial charge in [0.05, 0.1) is 29.6 Å². The lowest BCUT2D eigenvalue weighted by Crippen LogP contribution is -2.39. The van der Waals surface area contributed by atoms with Crippen LogP contribution in [0, 0.1) is 0 Å². The molecule has 4 aromatic rings. The van der Waals surface area contributed by atoms with E-state index in [9.17, 15) is 14.4 Å². The number of unbranched alkanes of at least 4 members (excludes halogenated alkanes) is 1. The maximum absolute atomic E-state index is 13.5. The third-order valence-electron chi connectivity index (χ3n) is 5.65. The van der Waals surface area contributed by atoms with Gasteiger partial charge in [0.1, 0.15) is 0 Å². The lowest BCUT2D eigenvalue weighted by Gasteiger charge is -2.14. The van der Waals surface area contributed by atoms with E-state index in [2.05, 4.69) is 12.2 Å². The van der Waals surface area contributed by atoms with E-state index in [0.29, 0.717) is 29.7 Å². The van der Waals surface area contributed by atoms with E-state index in [1.165, 1.54) is 4.57 Å². The Hall–Kier alpha value is -3.93. The second kappa shape index (κ2) is 10.1. The summed E-state index contributed by atoms with van der Waals surface area (Å²) in [5.74, 6) is -0.0377. The zero-order valence-corrected chi connectivity index (χ0v) is 18.7. The number of para-hydroxylation sites is 1. The van der Waals surface area contributed by atoms with Gasteiger partial charge in [0, 0.05) is 6.54 Å². The van der Waals surface area contributed by atoms with Gasteiger partial charge in [-0.15, -0.1) is 0 Å². The van der Waals surface area contributed by atoms with Crippen LogP contribution in [0.4, 0.5) is 0 Å². The second-order valence-electron chi connectivity index (χ2n) is 8.06. The van der Waals surface area contributed by atoms with Crippen LogP contribution in [0.1, 0.15) is 30.9 Å². The van der Waals surface area contributed by atoms with Crippen molar-refractivity contribution in [1.82, 2.24) is 14.5 Å². The summed E-state index contributed by atoms with van der Waals surface area (Å²) in [5.41, 5.74) is 2.13. The van der Waals surface area contributed by atoms with Crippen molar-refractivity contribution in [1.29, 1.82) is 0 Å². The van der Waals surface area contributed by atoms with Crippen molar-refractivity contribution < 1.29 is 4.79 Å². The fourth-order valence-electron chi connectivity index (χ4n) is 3.88. The van der Waals surface area contributed by atoms with Crippen LogP contribution in [0.15, 0.2) is 88.5 Å². The molecule has 0 fully saturated rings. The van der Waals surface area contributed by atoms with Crippen LogP contribution < -0.4 is 16.6 Å².